The number of nitrogens with one attached hydrogen (secondary N) is 1. The first-order chi connectivity index (χ1) is 12.2. The Labute approximate surface area is 148 Å². The van der Waals surface area contributed by atoms with Gasteiger partial charge in [0.2, 0.25) is 0 Å². The van der Waals surface area contributed by atoms with E-state index in [9.17, 15) is 10.5 Å². The van der Waals surface area contributed by atoms with Crippen molar-refractivity contribution in [1.82, 2.24) is 4.98 Å². The van der Waals surface area contributed by atoms with Gasteiger partial charge in [-0.05, 0) is 42.5 Å². The van der Waals surface area contributed by atoms with Gasteiger partial charge in [0, 0.05) is 25.8 Å². The molecule has 0 aliphatic carbocycles. The summed E-state index contributed by atoms with van der Waals surface area (Å²) < 4.78 is 0. The van der Waals surface area contributed by atoms with Crippen LogP contribution in [0.3, 0.4) is 0 Å². The summed E-state index contributed by atoms with van der Waals surface area (Å²) in [6.45, 7) is 4.95. The minimum absolute atomic E-state index is 0.478. The van der Waals surface area contributed by atoms with Crippen LogP contribution in [0.15, 0.2) is 36.5 Å². The lowest BCUT2D eigenvalue weighted by molar-refractivity contribution is 0.436. The molecule has 0 unspecified atom stereocenters. The highest BCUT2D eigenvalue weighted by Crippen LogP contribution is 2.23. The van der Waals surface area contributed by atoms with Crippen molar-refractivity contribution < 1.29 is 0 Å². The molecule has 1 aromatic heterocycles. The molecule has 0 spiro atoms. The third kappa shape index (κ3) is 3.89. The van der Waals surface area contributed by atoms with Crippen LogP contribution >= 0.6 is 0 Å². The Morgan fingerprint density at radius 2 is 1.80 bits per heavy atom. The molecule has 2 aromatic rings. The molecule has 0 bridgehead atoms. The van der Waals surface area contributed by atoms with Crippen molar-refractivity contribution in [3.8, 4) is 12.1 Å². The van der Waals surface area contributed by atoms with Crippen molar-refractivity contribution in [2.45, 2.75) is 26.3 Å². The zero-order valence-electron chi connectivity index (χ0n) is 14.4. The molecule has 3 rings (SSSR count). The number of anilines is 2. The van der Waals surface area contributed by atoms with Crippen LogP contribution in [0.25, 0.3) is 0 Å². The van der Waals surface area contributed by atoms with Crippen LogP contribution in [0, 0.1) is 28.6 Å². The van der Waals surface area contributed by atoms with E-state index in [0.717, 1.165) is 30.4 Å². The number of para-hydroxylation sites is 1. The molecular weight excluding hydrogens is 310 g/mol. The topological polar surface area (TPSA) is 75.7 Å². The number of nitriles is 2. The van der Waals surface area contributed by atoms with Crippen LogP contribution < -0.4 is 10.2 Å². The van der Waals surface area contributed by atoms with Crippen LogP contribution in [0.4, 0.5) is 11.5 Å². The fraction of sp³-hybridized carbons (Fsp3) is 0.350. The average Bonchev–Trinajstić information content (AvgIpc) is 2.67. The van der Waals surface area contributed by atoms with Crippen molar-refractivity contribution in [2.75, 3.05) is 23.3 Å². The maximum atomic E-state index is 9.22. The standard InChI is InChI=1S/C20H21N5/c1-15-7-9-25(10-8-15)19-6-5-16(13-23-19)14-24-20-17(11-21)3-2-4-18(20)12-22/h2-6,13,15,24H,7-10,14H2,1H3. The number of hydrogen-bond donors (Lipinski definition) is 1. The number of pyridine rings is 1. The average molecular weight is 331 g/mol. The summed E-state index contributed by atoms with van der Waals surface area (Å²) in [6.07, 6.45) is 4.29. The van der Waals surface area contributed by atoms with Gasteiger partial charge in [0.1, 0.15) is 18.0 Å². The van der Waals surface area contributed by atoms with Crippen molar-refractivity contribution in [1.29, 1.82) is 10.5 Å². The van der Waals surface area contributed by atoms with Crippen molar-refractivity contribution in [3.05, 3.63) is 53.2 Å². The van der Waals surface area contributed by atoms with Crippen LogP contribution in [-0.4, -0.2) is 18.1 Å². The summed E-state index contributed by atoms with van der Waals surface area (Å²) in [5.74, 6) is 1.82. The Morgan fingerprint density at radius 3 is 2.36 bits per heavy atom. The number of nitrogens with zero attached hydrogens (tertiary/aromatic N) is 4. The Kier molecular flexibility index (Phi) is 5.16. The van der Waals surface area contributed by atoms with E-state index in [1.54, 1.807) is 18.2 Å². The maximum Gasteiger partial charge on any atom is 0.128 e. The maximum absolute atomic E-state index is 9.22. The second-order valence-corrected chi connectivity index (χ2v) is 6.50. The fourth-order valence-corrected chi connectivity index (χ4v) is 3.07. The first kappa shape index (κ1) is 16.8. The smallest absolute Gasteiger partial charge is 0.128 e. The predicted octanol–water partition coefficient (Wildman–Crippen LogP) is 3.67. The third-order valence-corrected chi connectivity index (χ3v) is 4.69. The molecule has 0 atom stereocenters. The van der Waals surface area contributed by atoms with Gasteiger partial charge >= 0.3 is 0 Å². The van der Waals surface area contributed by atoms with E-state index in [2.05, 4.69) is 46.4 Å². The van der Waals surface area contributed by atoms with Crippen molar-refractivity contribution in [3.63, 3.8) is 0 Å². The van der Waals surface area contributed by atoms with Gasteiger partial charge in [-0.1, -0.05) is 19.1 Å². The number of benzene rings is 1. The molecule has 5 heteroatoms. The van der Waals surface area contributed by atoms with E-state index < -0.39 is 0 Å². The molecule has 2 heterocycles. The molecule has 25 heavy (non-hydrogen) atoms. The van der Waals surface area contributed by atoms with Crippen LogP contribution in [0.1, 0.15) is 36.5 Å². The molecule has 0 radical (unpaired) electrons. The van der Waals surface area contributed by atoms with E-state index in [1.807, 2.05) is 6.20 Å². The highest BCUT2D eigenvalue weighted by Gasteiger charge is 2.16. The Bertz CT molecular complexity index is 773. The summed E-state index contributed by atoms with van der Waals surface area (Å²) in [5.41, 5.74) is 2.56. The predicted molar refractivity (Wildman–Crippen MR) is 98.0 cm³/mol. The third-order valence-electron chi connectivity index (χ3n) is 4.69. The molecule has 1 aliphatic rings. The SMILES string of the molecule is CC1CCN(c2ccc(CNc3c(C#N)cccc3C#N)cn2)CC1. The summed E-state index contributed by atoms with van der Waals surface area (Å²) in [7, 11) is 0. The van der Waals surface area contributed by atoms with E-state index in [1.165, 1.54) is 12.8 Å². The van der Waals surface area contributed by atoms with Gasteiger partial charge in [-0.15, -0.1) is 0 Å². The highest BCUT2D eigenvalue weighted by molar-refractivity contribution is 5.66. The van der Waals surface area contributed by atoms with Gasteiger partial charge < -0.3 is 10.2 Å². The number of hydrogen-bond acceptors (Lipinski definition) is 5. The molecule has 0 saturated carbocycles. The minimum Gasteiger partial charge on any atom is -0.379 e. The van der Waals surface area contributed by atoms with Crippen LogP contribution in [0.2, 0.25) is 0 Å². The summed E-state index contributed by atoms with van der Waals surface area (Å²) in [4.78, 5) is 6.91. The number of rotatable bonds is 4. The Morgan fingerprint density at radius 1 is 1.12 bits per heavy atom. The Hall–Kier alpha value is -3.05. The lowest BCUT2D eigenvalue weighted by atomic mass is 9.99. The largest absolute Gasteiger partial charge is 0.379 e. The summed E-state index contributed by atoms with van der Waals surface area (Å²) in [6, 6.07) is 13.5. The summed E-state index contributed by atoms with van der Waals surface area (Å²) >= 11 is 0. The second-order valence-electron chi connectivity index (χ2n) is 6.50. The van der Waals surface area contributed by atoms with Gasteiger partial charge in [-0.3, -0.25) is 0 Å². The fourth-order valence-electron chi connectivity index (χ4n) is 3.07. The minimum atomic E-state index is 0.478. The lowest BCUT2D eigenvalue weighted by Crippen LogP contribution is -2.33. The van der Waals surface area contributed by atoms with Crippen LogP contribution in [-0.2, 0) is 6.54 Å². The first-order valence-electron chi connectivity index (χ1n) is 8.58. The number of aromatic nitrogens is 1. The summed E-state index contributed by atoms with van der Waals surface area (Å²) in [5, 5.41) is 21.6. The Balaban J connectivity index is 1.67. The molecular formula is C20H21N5. The highest BCUT2D eigenvalue weighted by atomic mass is 15.2. The first-order valence-corrected chi connectivity index (χ1v) is 8.58. The van der Waals surface area contributed by atoms with Gasteiger partial charge in [-0.25, -0.2) is 4.98 Å². The molecule has 5 nitrogen and oxygen atoms in total. The van der Waals surface area contributed by atoms with E-state index >= 15 is 0 Å². The van der Waals surface area contributed by atoms with E-state index in [4.69, 9.17) is 0 Å². The van der Waals surface area contributed by atoms with Crippen LogP contribution in [0.5, 0.6) is 0 Å². The van der Waals surface area contributed by atoms with Crippen molar-refractivity contribution in [2.24, 2.45) is 5.92 Å². The van der Waals surface area contributed by atoms with Gasteiger partial charge in [0.25, 0.3) is 0 Å². The number of piperidine rings is 1. The van der Waals surface area contributed by atoms with Gasteiger partial charge in [-0.2, -0.15) is 10.5 Å². The zero-order valence-corrected chi connectivity index (χ0v) is 14.4. The monoisotopic (exact) mass is 331 g/mol. The quantitative estimate of drug-likeness (QED) is 0.925. The van der Waals surface area contributed by atoms with E-state index in [0.29, 0.717) is 23.4 Å². The molecule has 1 N–H and O–H groups in total. The second kappa shape index (κ2) is 7.68. The van der Waals surface area contributed by atoms with Crippen molar-refractivity contribution >= 4 is 11.5 Å². The lowest BCUT2D eigenvalue weighted by Gasteiger charge is -2.31. The molecule has 1 aliphatic heterocycles. The van der Waals surface area contributed by atoms with Gasteiger partial charge in [0.15, 0.2) is 0 Å². The van der Waals surface area contributed by atoms with E-state index in [-0.39, 0.29) is 0 Å². The zero-order chi connectivity index (χ0) is 17.6. The molecule has 1 fully saturated rings. The molecule has 0 amide bonds. The normalized spacial score (nSPS) is 14.6. The molecule has 126 valence electrons. The molecule has 1 aromatic carbocycles. The van der Waals surface area contributed by atoms with Gasteiger partial charge in [0.05, 0.1) is 16.8 Å². The molecule has 1 saturated heterocycles.